The smallest absolute Gasteiger partial charge is 0.309 e. The monoisotopic (exact) mass is 439 g/mol. The van der Waals surface area contributed by atoms with E-state index in [4.69, 9.17) is 4.74 Å². The first-order valence-electron chi connectivity index (χ1n) is 10.4. The number of ketones is 1. The minimum atomic E-state index is -0.983. The molecule has 168 valence electrons. The number of hydrogen-bond donors (Lipinski definition) is 1. The second-order valence-corrected chi connectivity index (χ2v) is 7.71. The van der Waals surface area contributed by atoms with E-state index in [1.165, 1.54) is 19.9 Å². The zero-order chi connectivity index (χ0) is 23.3. The Hall–Kier alpha value is -3.75. The van der Waals surface area contributed by atoms with Crippen molar-refractivity contribution in [2.45, 2.75) is 32.8 Å². The molecule has 1 aliphatic heterocycles. The second-order valence-electron chi connectivity index (χ2n) is 7.71. The van der Waals surface area contributed by atoms with E-state index in [1.54, 1.807) is 42.5 Å². The maximum Gasteiger partial charge on any atom is 0.309 e. The van der Waals surface area contributed by atoms with E-state index < -0.39 is 22.9 Å². The van der Waals surface area contributed by atoms with Crippen molar-refractivity contribution in [3.63, 3.8) is 0 Å². The van der Waals surface area contributed by atoms with Crippen molar-refractivity contribution >= 4 is 34.7 Å². The molecule has 3 rings (SSSR count). The number of nitro benzene ring substituents is 1. The van der Waals surface area contributed by atoms with Gasteiger partial charge in [-0.3, -0.25) is 24.5 Å². The average molecular weight is 439 g/mol. The van der Waals surface area contributed by atoms with Gasteiger partial charge in [-0.1, -0.05) is 12.1 Å². The van der Waals surface area contributed by atoms with Crippen molar-refractivity contribution in [3.8, 4) is 0 Å². The van der Waals surface area contributed by atoms with Crippen molar-refractivity contribution in [1.82, 2.24) is 0 Å². The van der Waals surface area contributed by atoms with Crippen LogP contribution in [0.5, 0.6) is 0 Å². The number of hydrogen-bond acceptors (Lipinski definition) is 7. The Bertz CT molecular complexity index is 1010. The molecule has 1 unspecified atom stereocenters. The number of amides is 1. The van der Waals surface area contributed by atoms with Gasteiger partial charge >= 0.3 is 5.97 Å². The van der Waals surface area contributed by atoms with Gasteiger partial charge in [-0.2, -0.15) is 0 Å². The molecule has 0 aromatic heterocycles. The number of benzene rings is 2. The van der Waals surface area contributed by atoms with Gasteiger partial charge in [-0.15, -0.1) is 0 Å². The van der Waals surface area contributed by atoms with E-state index in [0.717, 1.165) is 0 Å². The number of carbonyl (C=O) groups excluding carboxylic acids is 3. The fourth-order valence-electron chi connectivity index (χ4n) is 3.60. The number of para-hydroxylation sites is 2. The highest BCUT2D eigenvalue weighted by Crippen LogP contribution is 2.31. The lowest BCUT2D eigenvalue weighted by atomic mass is 9.96. The predicted octanol–water partition coefficient (Wildman–Crippen LogP) is 3.58. The predicted molar refractivity (Wildman–Crippen MR) is 119 cm³/mol. The highest BCUT2D eigenvalue weighted by atomic mass is 16.6. The van der Waals surface area contributed by atoms with Crippen LogP contribution in [0.3, 0.4) is 0 Å². The first kappa shape index (κ1) is 22.9. The van der Waals surface area contributed by atoms with Crippen LogP contribution in [0.25, 0.3) is 0 Å². The number of nitro groups is 1. The van der Waals surface area contributed by atoms with Gasteiger partial charge in [0, 0.05) is 30.4 Å². The molecule has 0 spiro atoms. The minimum absolute atomic E-state index is 0.0372. The fourth-order valence-corrected chi connectivity index (χ4v) is 3.60. The Kier molecular flexibility index (Phi) is 7.19. The van der Waals surface area contributed by atoms with Gasteiger partial charge in [0.05, 0.1) is 10.8 Å². The second kappa shape index (κ2) is 10.0. The van der Waals surface area contributed by atoms with Crippen molar-refractivity contribution in [3.05, 3.63) is 64.2 Å². The Morgan fingerprint density at radius 1 is 1.09 bits per heavy atom. The van der Waals surface area contributed by atoms with Crippen molar-refractivity contribution in [1.29, 1.82) is 0 Å². The lowest BCUT2D eigenvalue weighted by Gasteiger charge is -2.32. The number of piperidine rings is 1. The van der Waals surface area contributed by atoms with E-state index in [1.807, 2.05) is 4.90 Å². The highest BCUT2D eigenvalue weighted by molar-refractivity contribution is 5.97. The molecular weight excluding hydrogens is 414 g/mol. The lowest BCUT2D eigenvalue weighted by Crippen LogP contribution is -2.39. The zero-order valence-corrected chi connectivity index (χ0v) is 17.9. The molecule has 32 heavy (non-hydrogen) atoms. The molecule has 2 aromatic rings. The number of ether oxygens (including phenoxy) is 1. The van der Waals surface area contributed by atoms with Crippen LogP contribution in [0.15, 0.2) is 48.5 Å². The third kappa shape index (κ3) is 5.48. The average Bonchev–Trinajstić information content (AvgIpc) is 2.79. The first-order valence-corrected chi connectivity index (χ1v) is 10.4. The highest BCUT2D eigenvalue weighted by Gasteiger charge is 2.30. The molecule has 1 atom stereocenters. The molecular formula is C23H25N3O6. The van der Waals surface area contributed by atoms with E-state index in [-0.39, 0.29) is 17.4 Å². The number of nitrogens with zero attached hydrogens (tertiary/aromatic N) is 2. The van der Waals surface area contributed by atoms with Crippen LogP contribution in [0.1, 0.15) is 37.0 Å². The van der Waals surface area contributed by atoms with Crippen molar-refractivity contribution < 1.29 is 24.0 Å². The number of nitrogens with one attached hydrogen (secondary N) is 1. The lowest BCUT2D eigenvalue weighted by molar-refractivity contribution is -0.384. The summed E-state index contributed by atoms with van der Waals surface area (Å²) in [5, 5.41) is 13.9. The van der Waals surface area contributed by atoms with Crippen LogP contribution in [-0.4, -0.2) is 41.8 Å². The maximum absolute atomic E-state index is 12.5. The van der Waals surface area contributed by atoms with Crippen LogP contribution in [0, 0.1) is 16.0 Å². The molecule has 1 amide bonds. The largest absolute Gasteiger partial charge is 0.452 e. The SMILES string of the molecule is CC(=O)c1ccc(NC(=O)C(C)OC(=O)C2CCN(c3ccccc3[N+](=O)[O-])CC2)cc1. The van der Waals surface area contributed by atoms with Crippen LogP contribution >= 0.6 is 0 Å². The summed E-state index contributed by atoms with van der Waals surface area (Å²) in [5.74, 6) is -1.37. The van der Waals surface area contributed by atoms with E-state index in [9.17, 15) is 24.5 Å². The third-order valence-corrected chi connectivity index (χ3v) is 5.47. The molecule has 0 aliphatic carbocycles. The standard InChI is InChI=1S/C23H25N3O6/c1-15(27)17-7-9-19(10-8-17)24-22(28)16(2)32-23(29)18-11-13-25(14-12-18)20-5-3-4-6-21(20)26(30)31/h3-10,16,18H,11-14H2,1-2H3,(H,24,28). The molecule has 9 nitrogen and oxygen atoms in total. The fraction of sp³-hybridized carbons (Fsp3) is 0.348. The summed E-state index contributed by atoms with van der Waals surface area (Å²) in [6.07, 6.45) is -0.0273. The summed E-state index contributed by atoms with van der Waals surface area (Å²) in [5.41, 5.74) is 1.61. The Morgan fingerprint density at radius 2 is 1.72 bits per heavy atom. The first-order chi connectivity index (χ1) is 15.3. The molecule has 1 aliphatic rings. The quantitative estimate of drug-likeness (QED) is 0.303. The molecule has 0 radical (unpaired) electrons. The van der Waals surface area contributed by atoms with Crippen molar-refractivity contribution in [2.75, 3.05) is 23.3 Å². The summed E-state index contributed by atoms with van der Waals surface area (Å²) < 4.78 is 5.36. The number of rotatable bonds is 7. The van der Waals surface area contributed by atoms with Gasteiger partial charge in [0.15, 0.2) is 11.9 Å². The van der Waals surface area contributed by atoms with Crippen LogP contribution in [0.2, 0.25) is 0 Å². The minimum Gasteiger partial charge on any atom is -0.452 e. The topological polar surface area (TPSA) is 119 Å². The summed E-state index contributed by atoms with van der Waals surface area (Å²) in [4.78, 5) is 49.0. The summed E-state index contributed by atoms with van der Waals surface area (Å²) in [7, 11) is 0. The summed E-state index contributed by atoms with van der Waals surface area (Å²) in [6, 6.07) is 13.0. The number of anilines is 2. The molecule has 0 bridgehead atoms. The molecule has 1 heterocycles. The summed E-state index contributed by atoms with van der Waals surface area (Å²) >= 11 is 0. The van der Waals surface area contributed by atoms with Gasteiger partial charge in [0.25, 0.3) is 11.6 Å². The van der Waals surface area contributed by atoms with E-state index in [0.29, 0.717) is 42.9 Å². The van der Waals surface area contributed by atoms with E-state index in [2.05, 4.69) is 5.32 Å². The Balaban J connectivity index is 1.51. The molecule has 1 fully saturated rings. The van der Waals surface area contributed by atoms with Crippen LogP contribution in [0.4, 0.5) is 17.1 Å². The summed E-state index contributed by atoms with van der Waals surface area (Å²) in [6.45, 7) is 3.92. The normalized spacial score (nSPS) is 15.0. The van der Waals surface area contributed by atoms with Gasteiger partial charge < -0.3 is 15.0 Å². The number of carbonyl (C=O) groups is 3. The van der Waals surface area contributed by atoms with Crippen LogP contribution in [-0.2, 0) is 14.3 Å². The molecule has 9 heteroatoms. The zero-order valence-electron chi connectivity index (χ0n) is 17.9. The van der Waals surface area contributed by atoms with Gasteiger partial charge in [-0.05, 0) is 57.0 Å². The molecule has 1 N–H and O–H groups in total. The van der Waals surface area contributed by atoms with Gasteiger partial charge in [-0.25, -0.2) is 0 Å². The Labute approximate surface area is 185 Å². The molecule has 2 aromatic carbocycles. The number of Topliss-reactive ketones (excluding diaryl/α,β-unsaturated/α-hetero) is 1. The Morgan fingerprint density at radius 3 is 2.31 bits per heavy atom. The molecule has 0 saturated carbocycles. The van der Waals surface area contributed by atoms with E-state index >= 15 is 0 Å². The van der Waals surface area contributed by atoms with Gasteiger partial charge in [0.2, 0.25) is 0 Å². The number of esters is 1. The third-order valence-electron chi connectivity index (χ3n) is 5.47. The molecule has 1 saturated heterocycles. The van der Waals surface area contributed by atoms with Gasteiger partial charge in [0.1, 0.15) is 5.69 Å². The maximum atomic E-state index is 12.5. The van der Waals surface area contributed by atoms with Crippen LogP contribution < -0.4 is 10.2 Å². The van der Waals surface area contributed by atoms with Crippen molar-refractivity contribution in [2.24, 2.45) is 5.92 Å².